The van der Waals surface area contributed by atoms with Gasteiger partial charge in [-0.2, -0.15) is 0 Å². The molecule has 0 fully saturated rings. The van der Waals surface area contributed by atoms with Crippen LogP contribution in [0.1, 0.15) is 36.1 Å². The van der Waals surface area contributed by atoms with E-state index in [1.165, 1.54) is 0 Å². The summed E-state index contributed by atoms with van der Waals surface area (Å²) >= 11 is 0. The number of nitrogens with two attached hydrogens (primary N) is 1. The fraction of sp³-hybridized carbons (Fsp3) is 0.438. The summed E-state index contributed by atoms with van der Waals surface area (Å²) in [6.07, 6.45) is 1.85. The van der Waals surface area contributed by atoms with Crippen LogP contribution in [0.4, 0.5) is 11.6 Å². The van der Waals surface area contributed by atoms with Crippen LogP contribution in [-0.4, -0.2) is 22.0 Å². The molecule has 0 saturated carbocycles. The quantitative estimate of drug-likeness (QED) is 0.914. The Morgan fingerprint density at radius 2 is 1.90 bits per heavy atom. The Labute approximate surface area is 126 Å². The lowest BCUT2D eigenvalue weighted by atomic mass is 10.2. The number of hydrogen-bond donors (Lipinski definition) is 1. The van der Waals surface area contributed by atoms with Crippen LogP contribution >= 0.6 is 0 Å². The Kier molecular flexibility index (Phi) is 4.73. The summed E-state index contributed by atoms with van der Waals surface area (Å²) in [6.45, 7) is 6.77. The number of nitrogen functional groups attached to an aromatic ring is 1. The average molecular weight is 285 g/mol. The van der Waals surface area contributed by atoms with Crippen LogP contribution in [-0.2, 0) is 13.0 Å². The molecule has 0 unspecified atom stereocenters. The number of pyridine rings is 1. The third-order valence-corrected chi connectivity index (χ3v) is 3.38. The largest absolute Gasteiger partial charge is 0.383 e. The lowest BCUT2D eigenvalue weighted by molar-refractivity contribution is 0.800. The van der Waals surface area contributed by atoms with Gasteiger partial charge in [0.25, 0.3) is 0 Å². The van der Waals surface area contributed by atoms with Crippen molar-refractivity contribution in [1.82, 2.24) is 15.0 Å². The van der Waals surface area contributed by atoms with Crippen LogP contribution in [0.3, 0.4) is 0 Å². The molecule has 0 atom stereocenters. The first kappa shape index (κ1) is 15.2. The molecule has 2 heterocycles. The number of rotatable bonds is 5. The van der Waals surface area contributed by atoms with Crippen molar-refractivity contribution in [2.75, 3.05) is 17.7 Å². The van der Waals surface area contributed by atoms with Gasteiger partial charge < -0.3 is 10.6 Å². The van der Waals surface area contributed by atoms with E-state index in [0.717, 1.165) is 41.4 Å². The second kappa shape index (κ2) is 6.52. The first-order valence-electron chi connectivity index (χ1n) is 7.28. The van der Waals surface area contributed by atoms with Gasteiger partial charge in [0.2, 0.25) is 0 Å². The predicted octanol–water partition coefficient (Wildman–Crippen LogP) is 2.66. The van der Waals surface area contributed by atoms with Crippen molar-refractivity contribution in [3.8, 4) is 0 Å². The van der Waals surface area contributed by atoms with E-state index in [4.69, 9.17) is 5.73 Å². The summed E-state index contributed by atoms with van der Waals surface area (Å²) in [5.41, 5.74) is 8.97. The first-order chi connectivity index (χ1) is 10.0. The highest BCUT2D eigenvalue weighted by Gasteiger charge is 2.13. The van der Waals surface area contributed by atoms with Gasteiger partial charge in [-0.15, -0.1) is 0 Å². The van der Waals surface area contributed by atoms with Crippen molar-refractivity contribution in [1.29, 1.82) is 0 Å². The van der Waals surface area contributed by atoms with E-state index >= 15 is 0 Å². The number of aromatic nitrogens is 3. The molecule has 0 radical (unpaired) electrons. The van der Waals surface area contributed by atoms with E-state index in [1.54, 1.807) is 0 Å². The topological polar surface area (TPSA) is 67.9 Å². The third kappa shape index (κ3) is 3.68. The van der Waals surface area contributed by atoms with E-state index in [1.807, 2.05) is 39.1 Å². The van der Waals surface area contributed by atoms with Crippen LogP contribution in [0, 0.1) is 13.8 Å². The lowest BCUT2D eigenvalue weighted by Gasteiger charge is -2.21. The van der Waals surface area contributed by atoms with E-state index in [2.05, 4.69) is 26.8 Å². The second-order valence-electron chi connectivity index (χ2n) is 5.35. The zero-order valence-corrected chi connectivity index (χ0v) is 13.2. The van der Waals surface area contributed by atoms with E-state index < -0.39 is 0 Å². The van der Waals surface area contributed by atoms with Crippen LogP contribution in [0.15, 0.2) is 18.2 Å². The zero-order chi connectivity index (χ0) is 15.4. The maximum Gasteiger partial charge on any atom is 0.137 e. The molecule has 0 saturated heterocycles. The molecule has 0 aliphatic rings. The number of anilines is 2. The van der Waals surface area contributed by atoms with Crippen LogP contribution in [0.2, 0.25) is 0 Å². The average Bonchev–Trinajstić information content (AvgIpc) is 2.43. The minimum Gasteiger partial charge on any atom is -0.383 e. The van der Waals surface area contributed by atoms with Gasteiger partial charge in [0.1, 0.15) is 17.5 Å². The minimum absolute atomic E-state index is 0.563. The highest BCUT2D eigenvalue weighted by atomic mass is 15.2. The molecule has 2 aromatic rings. The zero-order valence-electron chi connectivity index (χ0n) is 13.2. The number of hydrogen-bond acceptors (Lipinski definition) is 5. The molecule has 2 N–H and O–H groups in total. The molecule has 0 bridgehead atoms. The van der Waals surface area contributed by atoms with Gasteiger partial charge in [0, 0.05) is 24.7 Å². The first-order valence-corrected chi connectivity index (χ1v) is 7.28. The van der Waals surface area contributed by atoms with Crippen LogP contribution in [0.5, 0.6) is 0 Å². The molecule has 2 rings (SSSR count). The Morgan fingerprint density at radius 1 is 1.14 bits per heavy atom. The van der Waals surface area contributed by atoms with Crippen molar-refractivity contribution in [2.45, 2.75) is 40.2 Å². The highest BCUT2D eigenvalue weighted by molar-refractivity contribution is 5.56. The highest BCUT2D eigenvalue weighted by Crippen LogP contribution is 2.22. The molecule has 5 heteroatoms. The van der Waals surface area contributed by atoms with Crippen molar-refractivity contribution in [3.05, 3.63) is 41.0 Å². The predicted molar refractivity (Wildman–Crippen MR) is 86.3 cm³/mol. The molecule has 21 heavy (non-hydrogen) atoms. The monoisotopic (exact) mass is 285 g/mol. The van der Waals surface area contributed by atoms with Crippen LogP contribution in [0.25, 0.3) is 0 Å². The summed E-state index contributed by atoms with van der Waals surface area (Å²) in [7, 11) is 2.01. The Hall–Kier alpha value is -2.17. The van der Waals surface area contributed by atoms with Gasteiger partial charge in [-0.3, -0.25) is 4.98 Å². The maximum atomic E-state index is 6.01. The van der Waals surface area contributed by atoms with Crippen molar-refractivity contribution in [3.63, 3.8) is 0 Å². The molecule has 0 spiro atoms. The van der Waals surface area contributed by atoms with E-state index in [9.17, 15) is 0 Å². The van der Waals surface area contributed by atoms with Gasteiger partial charge in [-0.05, 0) is 32.4 Å². The smallest absolute Gasteiger partial charge is 0.137 e. The van der Waals surface area contributed by atoms with E-state index in [-0.39, 0.29) is 0 Å². The molecule has 0 aliphatic heterocycles. The Balaban J connectivity index is 2.27. The van der Waals surface area contributed by atoms with E-state index in [0.29, 0.717) is 12.4 Å². The Bertz CT molecular complexity index is 624. The summed E-state index contributed by atoms with van der Waals surface area (Å²) in [6, 6.07) is 6.04. The molecular weight excluding hydrogens is 262 g/mol. The minimum atomic E-state index is 0.563. The molecule has 112 valence electrons. The fourth-order valence-corrected chi connectivity index (χ4v) is 2.28. The fourth-order valence-electron chi connectivity index (χ4n) is 2.28. The second-order valence-corrected chi connectivity index (χ2v) is 5.35. The van der Waals surface area contributed by atoms with Gasteiger partial charge in [-0.1, -0.05) is 13.0 Å². The molecule has 0 aliphatic carbocycles. The van der Waals surface area contributed by atoms with Gasteiger partial charge in [0.15, 0.2) is 0 Å². The summed E-state index contributed by atoms with van der Waals surface area (Å²) in [5.74, 6) is 2.25. The SMILES string of the molecule is CCCc1nc(N)c(C)c(N(C)Cc2cccc(C)n2)n1. The van der Waals surface area contributed by atoms with Crippen molar-refractivity contribution < 1.29 is 0 Å². The van der Waals surface area contributed by atoms with Crippen molar-refractivity contribution in [2.24, 2.45) is 0 Å². The van der Waals surface area contributed by atoms with Gasteiger partial charge >= 0.3 is 0 Å². The van der Waals surface area contributed by atoms with Crippen LogP contribution < -0.4 is 10.6 Å². The standard InChI is InChI=1S/C16H23N5/c1-5-7-14-19-15(17)12(3)16(20-14)21(4)10-13-9-6-8-11(2)18-13/h6,8-9H,5,7,10H2,1-4H3,(H2,17,19,20). The molecule has 2 aromatic heterocycles. The van der Waals surface area contributed by atoms with Gasteiger partial charge in [-0.25, -0.2) is 9.97 Å². The number of nitrogens with zero attached hydrogens (tertiary/aromatic N) is 4. The number of aryl methyl sites for hydroxylation is 2. The third-order valence-electron chi connectivity index (χ3n) is 3.38. The molecule has 0 amide bonds. The maximum absolute atomic E-state index is 6.01. The summed E-state index contributed by atoms with van der Waals surface area (Å²) in [5, 5.41) is 0. The Morgan fingerprint density at radius 3 is 2.57 bits per heavy atom. The summed E-state index contributed by atoms with van der Waals surface area (Å²) in [4.78, 5) is 15.6. The normalized spacial score (nSPS) is 10.7. The summed E-state index contributed by atoms with van der Waals surface area (Å²) < 4.78 is 0. The molecule has 5 nitrogen and oxygen atoms in total. The molecular formula is C16H23N5. The molecule has 0 aromatic carbocycles. The lowest BCUT2D eigenvalue weighted by Crippen LogP contribution is -2.21. The van der Waals surface area contributed by atoms with Crippen molar-refractivity contribution >= 4 is 11.6 Å². The van der Waals surface area contributed by atoms with Gasteiger partial charge in [0.05, 0.1) is 12.2 Å².